The molecule has 3 heterocycles. The second kappa shape index (κ2) is 6.98. The number of ether oxygens (including phenoxy) is 1. The summed E-state index contributed by atoms with van der Waals surface area (Å²) in [6, 6.07) is 0. The first kappa shape index (κ1) is 15.8. The van der Waals surface area contributed by atoms with Crippen LogP contribution in [0.2, 0.25) is 5.02 Å². The first-order valence-electron chi connectivity index (χ1n) is 7.92. The van der Waals surface area contributed by atoms with Gasteiger partial charge in [-0.2, -0.15) is 5.10 Å². The predicted octanol–water partition coefficient (Wildman–Crippen LogP) is 1.20. The normalized spacial score (nSPS) is 23.8. The number of halogens is 1. The fourth-order valence-corrected chi connectivity index (χ4v) is 3.48. The molecule has 0 radical (unpaired) electrons. The summed E-state index contributed by atoms with van der Waals surface area (Å²) in [6.07, 6.45) is 7.26. The minimum atomic E-state index is 0.0292. The molecule has 2 fully saturated rings. The van der Waals surface area contributed by atoms with E-state index >= 15 is 0 Å². The zero-order chi connectivity index (χ0) is 15.4. The van der Waals surface area contributed by atoms with Gasteiger partial charge in [0.25, 0.3) is 0 Å². The van der Waals surface area contributed by atoms with Crippen LogP contribution in [-0.4, -0.2) is 48.0 Å². The Labute approximate surface area is 135 Å². The summed E-state index contributed by atoms with van der Waals surface area (Å²) in [6.45, 7) is 4.14. The molecule has 1 aromatic heterocycles. The van der Waals surface area contributed by atoms with Crippen molar-refractivity contribution in [3.05, 3.63) is 17.4 Å². The molecule has 2 N–H and O–H groups in total. The second-order valence-electron chi connectivity index (χ2n) is 6.36. The zero-order valence-electron chi connectivity index (χ0n) is 12.7. The number of nitrogens with zero attached hydrogens (tertiary/aromatic N) is 2. The predicted molar refractivity (Wildman–Crippen MR) is 83.8 cm³/mol. The van der Waals surface area contributed by atoms with E-state index in [1.165, 1.54) is 12.8 Å². The van der Waals surface area contributed by atoms with Crippen molar-refractivity contribution in [1.29, 1.82) is 0 Å². The maximum absolute atomic E-state index is 11.9. The number of carbonyl (C=O) groups is 1. The Balaban J connectivity index is 1.36. The number of aromatic nitrogens is 2. The third kappa shape index (κ3) is 4.00. The molecule has 1 unspecified atom stereocenters. The van der Waals surface area contributed by atoms with Crippen LogP contribution < -0.4 is 10.6 Å². The van der Waals surface area contributed by atoms with Crippen LogP contribution in [0.5, 0.6) is 0 Å². The Morgan fingerprint density at radius 3 is 3.09 bits per heavy atom. The first-order chi connectivity index (χ1) is 10.7. The Morgan fingerprint density at radius 2 is 2.36 bits per heavy atom. The van der Waals surface area contributed by atoms with Gasteiger partial charge in [-0.25, -0.2) is 0 Å². The molecule has 1 atom stereocenters. The minimum absolute atomic E-state index is 0.0292. The number of nitrogens with one attached hydrogen (secondary N) is 2. The third-order valence-electron chi connectivity index (χ3n) is 4.65. The van der Waals surface area contributed by atoms with E-state index in [-0.39, 0.29) is 12.0 Å². The Bertz CT molecular complexity index is 513. The molecule has 7 heteroatoms. The number of amides is 1. The molecule has 3 rings (SSSR count). The van der Waals surface area contributed by atoms with Gasteiger partial charge < -0.3 is 15.4 Å². The molecular formula is C15H23ClN4O2. The molecule has 2 aliphatic rings. The maximum atomic E-state index is 11.9. The molecule has 2 saturated heterocycles. The Hall–Kier alpha value is -1.11. The van der Waals surface area contributed by atoms with E-state index < -0.39 is 0 Å². The molecule has 22 heavy (non-hydrogen) atoms. The lowest BCUT2D eigenvalue weighted by molar-refractivity contribution is -0.121. The number of carbonyl (C=O) groups excluding carboxylic acids is 1. The van der Waals surface area contributed by atoms with Crippen molar-refractivity contribution in [2.24, 2.45) is 5.41 Å². The molecule has 1 amide bonds. The highest BCUT2D eigenvalue weighted by Crippen LogP contribution is 2.40. The number of hydrogen-bond acceptors (Lipinski definition) is 4. The van der Waals surface area contributed by atoms with Crippen molar-refractivity contribution in [3.63, 3.8) is 0 Å². The molecule has 0 aromatic carbocycles. The average molecular weight is 327 g/mol. The van der Waals surface area contributed by atoms with Crippen molar-refractivity contribution < 1.29 is 9.53 Å². The second-order valence-corrected chi connectivity index (χ2v) is 6.80. The average Bonchev–Trinajstić information content (AvgIpc) is 3.11. The fourth-order valence-electron chi connectivity index (χ4n) is 3.32. The number of rotatable bonds is 5. The largest absolute Gasteiger partial charge is 0.376 e. The van der Waals surface area contributed by atoms with Crippen LogP contribution in [0.25, 0.3) is 0 Å². The van der Waals surface area contributed by atoms with Crippen LogP contribution in [0, 0.1) is 5.41 Å². The van der Waals surface area contributed by atoms with Crippen molar-refractivity contribution >= 4 is 17.5 Å². The topological polar surface area (TPSA) is 68.2 Å². The van der Waals surface area contributed by atoms with Gasteiger partial charge in [0.15, 0.2) is 0 Å². The highest BCUT2D eigenvalue weighted by Gasteiger charge is 2.40. The lowest BCUT2D eigenvalue weighted by Crippen LogP contribution is -2.38. The third-order valence-corrected chi connectivity index (χ3v) is 4.84. The van der Waals surface area contributed by atoms with Gasteiger partial charge in [-0.1, -0.05) is 11.6 Å². The van der Waals surface area contributed by atoms with Crippen LogP contribution in [0.15, 0.2) is 12.4 Å². The summed E-state index contributed by atoms with van der Waals surface area (Å²) in [4.78, 5) is 11.9. The van der Waals surface area contributed by atoms with Gasteiger partial charge >= 0.3 is 0 Å². The van der Waals surface area contributed by atoms with Crippen molar-refractivity contribution in [2.75, 3.05) is 26.2 Å². The molecule has 122 valence electrons. The van der Waals surface area contributed by atoms with Gasteiger partial charge in [0.1, 0.15) is 0 Å². The number of piperidine rings is 1. The molecular weight excluding hydrogens is 304 g/mol. The lowest BCUT2D eigenvalue weighted by atomic mass is 9.77. The molecule has 6 nitrogen and oxygen atoms in total. The van der Waals surface area contributed by atoms with E-state index in [2.05, 4.69) is 15.7 Å². The van der Waals surface area contributed by atoms with Crippen molar-refractivity contribution in [3.8, 4) is 0 Å². The fraction of sp³-hybridized carbons (Fsp3) is 0.733. The van der Waals surface area contributed by atoms with Crippen molar-refractivity contribution in [2.45, 2.75) is 38.3 Å². The molecule has 1 aromatic rings. The first-order valence-corrected chi connectivity index (χ1v) is 8.30. The van der Waals surface area contributed by atoms with E-state index in [4.69, 9.17) is 16.3 Å². The molecule has 0 saturated carbocycles. The van der Waals surface area contributed by atoms with E-state index in [0.717, 1.165) is 26.1 Å². The molecule has 0 aliphatic carbocycles. The van der Waals surface area contributed by atoms with Gasteiger partial charge in [0.05, 0.1) is 23.9 Å². The minimum Gasteiger partial charge on any atom is -0.376 e. The number of hydrogen-bond donors (Lipinski definition) is 2. The van der Waals surface area contributed by atoms with Gasteiger partial charge in [-0.15, -0.1) is 0 Å². The number of aryl methyl sites for hydroxylation is 1. The van der Waals surface area contributed by atoms with Crippen LogP contribution >= 0.6 is 11.6 Å². The zero-order valence-corrected chi connectivity index (χ0v) is 13.4. The summed E-state index contributed by atoms with van der Waals surface area (Å²) in [7, 11) is 0. The highest BCUT2D eigenvalue weighted by atomic mass is 35.5. The molecule has 1 spiro atoms. The van der Waals surface area contributed by atoms with Gasteiger partial charge in [-0.3, -0.25) is 9.48 Å². The quantitative estimate of drug-likeness (QED) is 0.853. The monoisotopic (exact) mass is 326 g/mol. The highest BCUT2D eigenvalue weighted by molar-refractivity contribution is 6.30. The summed E-state index contributed by atoms with van der Waals surface area (Å²) in [5.41, 5.74) is 0.340. The van der Waals surface area contributed by atoms with Crippen LogP contribution in [0.1, 0.15) is 25.7 Å². The Morgan fingerprint density at radius 1 is 1.55 bits per heavy atom. The van der Waals surface area contributed by atoms with Gasteiger partial charge in [0.2, 0.25) is 5.91 Å². The maximum Gasteiger partial charge on any atom is 0.221 e. The lowest BCUT2D eigenvalue weighted by Gasteiger charge is -2.32. The summed E-state index contributed by atoms with van der Waals surface area (Å²) in [5.74, 6) is 0.0292. The van der Waals surface area contributed by atoms with E-state index in [1.54, 1.807) is 17.1 Å². The van der Waals surface area contributed by atoms with Gasteiger partial charge in [0, 0.05) is 25.7 Å². The summed E-state index contributed by atoms with van der Waals surface area (Å²) >= 11 is 5.79. The van der Waals surface area contributed by atoms with Crippen LogP contribution in [-0.2, 0) is 16.1 Å². The van der Waals surface area contributed by atoms with Crippen LogP contribution in [0.3, 0.4) is 0 Å². The smallest absolute Gasteiger partial charge is 0.221 e. The van der Waals surface area contributed by atoms with Crippen LogP contribution in [0.4, 0.5) is 0 Å². The SMILES string of the molecule is O=C(CCn1cc(Cl)cn1)NCC1CC2(CCNCC2)CO1. The van der Waals surface area contributed by atoms with E-state index in [0.29, 0.717) is 29.9 Å². The van der Waals surface area contributed by atoms with Gasteiger partial charge in [-0.05, 0) is 37.8 Å². The molecule has 2 aliphatic heterocycles. The standard InChI is InChI=1S/C15H23ClN4O2/c16-12-8-19-20(10-12)6-1-14(21)18-9-13-7-15(11-22-13)2-4-17-5-3-15/h8,10,13,17H,1-7,9,11H2,(H,18,21). The Kier molecular flexibility index (Phi) is 5.00. The summed E-state index contributed by atoms with van der Waals surface area (Å²) < 4.78 is 7.56. The van der Waals surface area contributed by atoms with E-state index in [9.17, 15) is 4.79 Å². The van der Waals surface area contributed by atoms with E-state index in [1.807, 2.05) is 0 Å². The molecule has 0 bridgehead atoms. The van der Waals surface area contributed by atoms with Crippen molar-refractivity contribution in [1.82, 2.24) is 20.4 Å². The summed E-state index contributed by atoms with van der Waals surface area (Å²) in [5, 5.41) is 11.0.